The van der Waals surface area contributed by atoms with Crippen LogP contribution >= 0.6 is 0 Å². The lowest BCUT2D eigenvalue weighted by atomic mass is 10.1. The third-order valence-corrected chi connectivity index (χ3v) is 4.92. The highest BCUT2D eigenvalue weighted by atomic mass is 16.5. The lowest BCUT2D eigenvalue weighted by Crippen LogP contribution is -2.22. The molecular formula is C22H29N3O2. The molecule has 0 aliphatic carbocycles. The van der Waals surface area contributed by atoms with E-state index in [0.29, 0.717) is 25.0 Å². The van der Waals surface area contributed by atoms with Crippen molar-refractivity contribution >= 4 is 11.6 Å². The van der Waals surface area contributed by atoms with Crippen LogP contribution in [0.2, 0.25) is 0 Å². The standard InChI is InChI=1S/C22H29N3O2/c1-15-4-6-19(21(10-15)27-14-18-8-9-26-13-18)12-24-22(23)25-20-7-5-16(2)17(3)11-20/h4-7,10-11,18H,8-9,12-14H2,1-3H3,(H3,23,24,25). The van der Waals surface area contributed by atoms with Crippen LogP contribution in [0, 0.1) is 26.7 Å². The molecule has 0 saturated carbocycles. The highest BCUT2D eigenvalue weighted by Gasteiger charge is 2.17. The number of nitrogens with two attached hydrogens (primary N) is 1. The monoisotopic (exact) mass is 367 g/mol. The molecule has 2 aromatic carbocycles. The Morgan fingerprint density at radius 3 is 2.78 bits per heavy atom. The van der Waals surface area contributed by atoms with E-state index in [1.165, 1.54) is 16.7 Å². The Morgan fingerprint density at radius 2 is 2.04 bits per heavy atom. The molecule has 5 nitrogen and oxygen atoms in total. The van der Waals surface area contributed by atoms with Gasteiger partial charge >= 0.3 is 0 Å². The van der Waals surface area contributed by atoms with Gasteiger partial charge in [-0.2, -0.15) is 0 Å². The van der Waals surface area contributed by atoms with E-state index in [9.17, 15) is 0 Å². The van der Waals surface area contributed by atoms with Crippen LogP contribution in [0.5, 0.6) is 5.75 Å². The number of aliphatic imine (C=N–C) groups is 1. The second-order valence-electron chi connectivity index (χ2n) is 7.28. The first-order valence-electron chi connectivity index (χ1n) is 9.45. The van der Waals surface area contributed by atoms with Gasteiger partial charge in [-0.25, -0.2) is 4.99 Å². The molecule has 0 radical (unpaired) electrons. The SMILES string of the molecule is Cc1ccc(CN=C(N)Nc2ccc(C)c(C)c2)c(OCC2CCOC2)c1. The molecule has 3 rings (SSSR count). The van der Waals surface area contributed by atoms with Gasteiger partial charge < -0.3 is 20.5 Å². The summed E-state index contributed by atoms with van der Waals surface area (Å²) in [5.41, 5.74) is 11.7. The maximum atomic E-state index is 6.08. The number of nitrogens with one attached hydrogen (secondary N) is 1. The van der Waals surface area contributed by atoms with E-state index < -0.39 is 0 Å². The maximum Gasteiger partial charge on any atom is 0.193 e. The first-order chi connectivity index (χ1) is 13.0. The van der Waals surface area contributed by atoms with E-state index in [1.54, 1.807) is 0 Å². The fourth-order valence-electron chi connectivity index (χ4n) is 3.03. The fourth-order valence-corrected chi connectivity index (χ4v) is 3.03. The summed E-state index contributed by atoms with van der Waals surface area (Å²) in [7, 11) is 0. The Kier molecular flexibility index (Phi) is 6.35. The van der Waals surface area contributed by atoms with Crippen molar-refractivity contribution in [2.75, 3.05) is 25.1 Å². The minimum Gasteiger partial charge on any atom is -0.493 e. The zero-order valence-corrected chi connectivity index (χ0v) is 16.4. The summed E-state index contributed by atoms with van der Waals surface area (Å²) in [5.74, 6) is 1.75. The Hall–Kier alpha value is -2.53. The second-order valence-corrected chi connectivity index (χ2v) is 7.28. The van der Waals surface area contributed by atoms with E-state index in [4.69, 9.17) is 15.2 Å². The molecule has 0 aromatic heterocycles. The van der Waals surface area contributed by atoms with Gasteiger partial charge in [0.25, 0.3) is 0 Å². The van der Waals surface area contributed by atoms with E-state index in [0.717, 1.165) is 36.6 Å². The highest BCUT2D eigenvalue weighted by molar-refractivity contribution is 5.92. The predicted octanol–water partition coefficient (Wildman–Crippen LogP) is 3.95. The smallest absolute Gasteiger partial charge is 0.193 e. The molecule has 1 fully saturated rings. The van der Waals surface area contributed by atoms with Crippen molar-refractivity contribution in [3.63, 3.8) is 0 Å². The molecule has 1 aliphatic heterocycles. The molecule has 1 atom stereocenters. The first-order valence-corrected chi connectivity index (χ1v) is 9.45. The average Bonchev–Trinajstić information content (AvgIpc) is 3.16. The molecule has 1 heterocycles. The van der Waals surface area contributed by atoms with Crippen molar-refractivity contribution in [3.05, 3.63) is 58.7 Å². The van der Waals surface area contributed by atoms with Gasteiger partial charge in [-0.3, -0.25) is 0 Å². The number of hydrogen-bond acceptors (Lipinski definition) is 3. The number of aryl methyl sites for hydroxylation is 3. The van der Waals surface area contributed by atoms with E-state index >= 15 is 0 Å². The third kappa shape index (κ3) is 5.47. The van der Waals surface area contributed by atoms with E-state index in [1.807, 2.05) is 6.07 Å². The van der Waals surface area contributed by atoms with Gasteiger partial charge in [-0.05, 0) is 62.1 Å². The number of guanidine groups is 1. The van der Waals surface area contributed by atoms with Gasteiger partial charge in [-0.15, -0.1) is 0 Å². The molecule has 1 aliphatic rings. The van der Waals surface area contributed by atoms with Crippen LogP contribution in [0.3, 0.4) is 0 Å². The lowest BCUT2D eigenvalue weighted by Gasteiger charge is -2.14. The van der Waals surface area contributed by atoms with Crippen molar-refractivity contribution in [1.29, 1.82) is 0 Å². The van der Waals surface area contributed by atoms with Gasteiger partial charge in [0.05, 0.1) is 19.8 Å². The maximum absolute atomic E-state index is 6.08. The number of hydrogen-bond donors (Lipinski definition) is 2. The molecule has 5 heteroatoms. The molecule has 0 spiro atoms. The largest absolute Gasteiger partial charge is 0.493 e. The summed E-state index contributed by atoms with van der Waals surface area (Å²) in [5, 5.41) is 3.16. The van der Waals surface area contributed by atoms with Crippen molar-refractivity contribution < 1.29 is 9.47 Å². The molecule has 3 N–H and O–H groups in total. The molecular weight excluding hydrogens is 338 g/mol. The Morgan fingerprint density at radius 1 is 1.19 bits per heavy atom. The summed E-state index contributed by atoms with van der Waals surface area (Å²) in [6.07, 6.45) is 1.06. The molecule has 144 valence electrons. The Labute approximate surface area is 161 Å². The molecule has 2 aromatic rings. The van der Waals surface area contributed by atoms with Crippen LogP contribution in [-0.2, 0) is 11.3 Å². The Balaban J connectivity index is 1.64. The number of anilines is 1. The molecule has 27 heavy (non-hydrogen) atoms. The number of rotatable bonds is 6. The summed E-state index contributed by atoms with van der Waals surface area (Å²) in [4.78, 5) is 4.49. The van der Waals surface area contributed by atoms with Gasteiger partial charge in [0, 0.05) is 23.8 Å². The highest BCUT2D eigenvalue weighted by Crippen LogP contribution is 2.23. The molecule has 1 saturated heterocycles. The molecule has 0 bridgehead atoms. The van der Waals surface area contributed by atoms with Crippen LogP contribution in [0.25, 0.3) is 0 Å². The van der Waals surface area contributed by atoms with Crippen LogP contribution in [0.1, 0.15) is 28.7 Å². The zero-order chi connectivity index (χ0) is 19.2. The van der Waals surface area contributed by atoms with Crippen LogP contribution in [-0.4, -0.2) is 25.8 Å². The van der Waals surface area contributed by atoms with Crippen molar-refractivity contribution in [1.82, 2.24) is 0 Å². The van der Waals surface area contributed by atoms with Gasteiger partial charge in [0.1, 0.15) is 5.75 Å². The van der Waals surface area contributed by atoms with Crippen molar-refractivity contribution in [2.24, 2.45) is 16.6 Å². The average molecular weight is 367 g/mol. The Bertz CT molecular complexity index is 811. The quantitative estimate of drug-likeness (QED) is 0.599. The second kappa shape index (κ2) is 8.91. The molecule has 0 amide bonds. The summed E-state index contributed by atoms with van der Waals surface area (Å²) >= 11 is 0. The molecule has 1 unspecified atom stereocenters. The fraction of sp³-hybridized carbons (Fsp3) is 0.409. The normalized spacial score (nSPS) is 17.1. The number of nitrogens with zero attached hydrogens (tertiary/aromatic N) is 1. The van der Waals surface area contributed by atoms with Crippen LogP contribution in [0.4, 0.5) is 5.69 Å². The topological polar surface area (TPSA) is 68.9 Å². The number of benzene rings is 2. The van der Waals surface area contributed by atoms with Crippen LogP contribution < -0.4 is 15.8 Å². The van der Waals surface area contributed by atoms with Gasteiger partial charge in [0.15, 0.2) is 5.96 Å². The van der Waals surface area contributed by atoms with Crippen molar-refractivity contribution in [2.45, 2.75) is 33.7 Å². The summed E-state index contributed by atoms with van der Waals surface area (Å²) in [6.45, 7) is 9.00. The van der Waals surface area contributed by atoms with Crippen LogP contribution in [0.15, 0.2) is 41.4 Å². The lowest BCUT2D eigenvalue weighted by molar-refractivity contribution is 0.166. The van der Waals surface area contributed by atoms with E-state index in [-0.39, 0.29) is 0 Å². The summed E-state index contributed by atoms with van der Waals surface area (Å²) < 4.78 is 11.5. The van der Waals surface area contributed by atoms with Crippen molar-refractivity contribution in [3.8, 4) is 5.75 Å². The van der Waals surface area contributed by atoms with E-state index in [2.05, 4.69) is 61.4 Å². The zero-order valence-electron chi connectivity index (χ0n) is 16.4. The summed E-state index contributed by atoms with van der Waals surface area (Å²) in [6, 6.07) is 12.3. The minimum atomic E-state index is 0.397. The van der Waals surface area contributed by atoms with Gasteiger partial charge in [0.2, 0.25) is 0 Å². The third-order valence-electron chi connectivity index (χ3n) is 4.92. The minimum absolute atomic E-state index is 0.397. The number of ether oxygens (including phenoxy) is 2. The first kappa shape index (κ1) is 19.2. The predicted molar refractivity (Wildman–Crippen MR) is 110 cm³/mol. The van der Waals surface area contributed by atoms with Gasteiger partial charge in [-0.1, -0.05) is 18.2 Å².